The van der Waals surface area contributed by atoms with Gasteiger partial charge in [0.05, 0.1) is 11.9 Å². The fraction of sp³-hybridized carbons (Fsp3) is 0.316. The van der Waals surface area contributed by atoms with E-state index in [1.165, 1.54) is 25.0 Å². The minimum Gasteiger partial charge on any atom is -0.348 e. The molecule has 1 amide bonds. The lowest BCUT2D eigenvalue weighted by Gasteiger charge is -2.12. The topological polar surface area (TPSA) is 59.3 Å². The van der Waals surface area contributed by atoms with E-state index in [0.29, 0.717) is 23.0 Å². The molecule has 0 aliphatic heterocycles. The van der Waals surface area contributed by atoms with Crippen molar-refractivity contribution in [2.45, 2.75) is 32.7 Å². The van der Waals surface area contributed by atoms with Crippen LogP contribution in [-0.4, -0.2) is 26.5 Å². The summed E-state index contributed by atoms with van der Waals surface area (Å²) in [5, 5.41) is 7.59. The van der Waals surface area contributed by atoms with Crippen LogP contribution in [0, 0.1) is 18.7 Å². The van der Waals surface area contributed by atoms with E-state index < -0.39 is 0 Å². The molecular weight excluding hydrogens is 319 g/mol. The van der Waals surface area contributed by atoms with Crippen LogP contribution < -0.4 is 5.32 Å². The Bertz CT molecular complexity index is 944. The van der Waals surface area contributed by atoms with E-state index in [4.69, 9.17) is 0 Å². The van der Waals surface area contributed by atoms with Gasteiger partial charge in [0.2, 0.25) is 0 Å². The standard InChI is InChI=1S/C19H19FN4O/c1-11-9-16(14-5-7-15(20)8-6-14)23-24-17(10-21-18(11)24)19(25)22-12(2)13-3-4-13/h5-10,12-13H,3-4H2,1-2H3,(H,22,25). The Balaban J connectivity index is 1.73. The van der Waals surface area contributed by atoms with Crippen LogP contribution in [0.3, 0.4) is 0 Å². The molecular formula is C19H19FN4O. The summed E-state index contributed by atoms with van der Waals surface area (Å²) in [6.45, 7) is 3.95. The highest BCUT2D eigenvalue weighted by Gasteiger charge is 2.29. The van der Waals surface area contributed by atoms with Crippen molar-refractivity contribution >= 4 is 11.6 Å². The van der Waals surface area contributed by atoms with Crippen molar-refractivity contribution in [3.63, 3.8) is 0 Å². The first-order chi connectivity index (χ1) is 12.0. The summed E-state index contributed by atoms with van der Waals surface area (Å²) in [5.74, 6) is 0.112. The summed E-state index contributed by atoms with van der Waals surface area (Å²) in [4.78, 5) is 16.9. The van der Waals surface area contributed by atoms with Crippen LogP contribution in [0.1, 0.15) is 35.8 Å². The number of amides is 1. The van der Waals surface area contributed by atoms with E-state index in [2.05, 4.69) is 15.4 Å². The van der Waals surface area contributed by atoms with Gasteiger partial charge in [-0.2, -0.15) is 5.10 Å². The maximum atomic E-state index is 13.2. The number of hydrogen-bond donors (Lipinski definition) is 1. The maximum absolute atomic E-state index is 13.2. The number of hydrogen-bond acceptors (Lipinski definition) is 3. The number of carbonyl (C=O) groups excluding carboxylic acids is 1. The van der Waals surface area contributed by atoms with E-state index in [1.54, 1.807) is 22.8 Å². The van der Waals surface area contributed by atoms with Crippen molar-refractivity contribution in [3.05, 3.63) is 53.6 Å². The molecule has 5 nitrogen and oxygen atoms in total. The van der Waals surface area contributed by atoms with Crippen molar-refractivity contribution in [1.82, 2.24) is 19.9 Å². The fourth-order valence-electron chi connectivity index (χ4n) is 3.03. The van der Waals surface area contributed by atoms with Gasteiger partial charge in [0, 0.05) is 11.6 Å². The van der Waals surface area contributed by atoms with Crippen LogP contribution >= 0.6 is 0 Å². The first-order valence-electron chi connectivity index (χ1n) is 8.45. The normalized spacial score (nSPS) is 15.3. The molecule has 1 saturated carbocycles. The molecule has 4 rings (SSSR count). The second kappa shape index (κ2) is 5.95. The van der Waals surface area contributed by atoms with Crippen LogP contribution in [0.5, 0.6) is 0 Å². The largest absolute Gasteiger partial charge is 0.348 e. The zero-order chi connectivity index (χ0) is 17.6. The second-order valence-corrected chi connectivity index (χ2v) is 6.70. The minimum atomic E-state index is -0.293. The molecule has 1 unspecified atom stereocenters. The van der Waals surface area contributed by atoms with Crippen molar-refractivity contribution in [2.24, 2.45) is 5.92 Å². The number of nitrogens with one attached hydrogen (secondary N) is 1. The molecule has 1 N–H and O–H groups in total. The molecule has 128 valence electrons. The number of fused-ring (bicyclic) bond motifs is 1. The molecule has 1 atom stereocenters. The zero-order valence-corrected chi connectivity index (χ0v) is 14.2. The molecule has 1 aliphatic rings. The Morgan fingerprint density at radius 2 is 2.04 bits per heavy atom. The van der Waals surface area contributed by atoms with Gasteiger partial charge in [0.1, 0.15) is 5.82 Å². The smallest absolute Gasteiger partial charge is 0.271 e. The number of imidazole rings is 1. The molecule has 3 aromatic rings. The third kappa shape index (κ3) is 2.99. The second-order valence-electron chi connectivity index (χ2n) is 6.70. The minimum absolute atomic E-state index is 0.152. The van der Waals surface area contributed by atoms with E-state index in [-0.39, 0.29) is 17.8 Å². The van der Waals surface area contributed by atoms with Gasteiger partial charge in [0.15, 0.2) is 11.3 Å². The zero-order valence-electron chi connectivity index (χ0n) is 14.2. The van der Waals surface area contributed by atoms with Crippen LogP contribution in [0.25, 0.3) is 16.9 Å². The average Bonchev–Trinajstić information content (AvgIpc) is 3.35. The Morgan fingerprint density at radius 3 is 2.72 bits per heavy atom. The number of aryl methyl sites for hydroxylation is 1. The van der Waals surface area contributed by atoms with Crippen LogP contribution in [-0.2, 0) is 0 Å². The molecule has 6 heteroatoms. The van der Waals surface area contributed by atoms with Crippen molar-refractivity contribution in [2.75, 3.05) is 0 Å². The monoisotopic (exact) mass is 338 g/mol. The van der Waals surface area contributed by atoms with Gasteiger partial charge in [0.25, 0.3) is 5.91 Å². The summed E-state index contributed by atoms with van der Waals surface area (Å²) in [7, 11) is 0. The lowest BCUT2D eigenvalue weighted by molar-refractivity contribution is 0.0928. The summed E-state index contributed by atoms with van der Waals surface area (Å²) < 4.78 is 14.7. The highest BCUT2D eigenvalue weighted by atomic mass is 19.1. The third-order valence-electron chi connectivity index (χ3n) is 4.71. The summed E-state index contributed by atoms with van der Waals surface area (Å²) in [6.07, 6.45) is 3.89. The number of rotatable bonds is 4. The summed E-state index contributed by atoms with van der Waals surface area (Å²) in [5.41, 5.74) is 3.43. The highest BCUT2D eigenvalue weighted by molar-refractivity contribution is 5.93. The van der Waals surface area contributed by atoms with Gasteiger partial charge in [-0.1, -0.05) is 0 Å². The van der Waals surface area contributed by atoms with Crippen molar-refractivity contribution in [3.8, 4) is 11.3 Å². The predicted octanol–water partition coefficient (Wildman–Crippen LogP) is 3.37. The molecule has 1 aromatic carbocycles. The Hall–Kier alpha value is -2.76. The number of aromatic nitrogens is 3. The lowest BCUT2D eigenvalue weighted by Crippen LogP contribution is -2.34. The van der Waals surface area contributed by atoms with Crippen molar-refractivity contribution in [1.29, 1.82) is 0 Å². The number of benzene rings is 1. The van der Waals surface area contributed by atoms with Crippen LogP contribution in [0.15, 0.2) is 36.5 Å². The Labute approximate surface area is 144 Å². The SMILES string of the molecule is Cc1cc(-c2ccc(F)cc2)nn2c(C(=O)NC(C)C3CC3)cnc12. The lowest BCUT2D eigenvalue weighted by atomic mass is 10.1. The van der Waals surface area contributed by atoms with Crippen LogP contribution in [0.2, 0.25) is 0 Å². The van der Waals surface area contributed by atoms with Gasteiger partial charge in [-0.3, -0.25) is 4.79 Å². The van der Waals surface area contributed by atoms with Gasteiger partial charge in [-0.15, -0.1) is 0 Å². The molecule has 2 heterocycles. The van der Waals surface area contributed by atoms with Gasteiger partial charge in [-0.25, -0.2) is 13.9 Å². The fourth-order valence-corrected chi connectivity index (χ4v) is 3.03. The quantitative estimate of drug-likeness (QED) is 0.793. The number of carbonyl (C=O) groups is 1. The van der Waals surface area contributed by atoms with Crippen molar-refractivity contribution < 1.29 is 9.18 Å². The summed E-state index contributed by atoms with van der Waals surface area (Å²) in [6, 6.07) is 8.19. The molecule has 0 saturated heterocycles. The molecule has 25 heavy (non-hydrogen) atoms. The number of nitrogens with zero attached hydrogens (tertiary/aromatic N) is 3. The Morgan fingerprint density at radius 1 is 1.32 bits per heavy atom. The van der Waals surface area contributed by atoms with Crippen LogP contribution in [0.4, 0.5) is 4.39 Å². The van der Waals surface area contributed by atoms with E-state index in [9.17, 15) is 9.18 Å². The van der Waals surface area contributed by atoms with Gasteiger partial charge >= 0.3 is 0 Å². The number of halogens is 1. The maximum Gasteiger partial charge on any atom is 0.271 e. The third-order valence-corrected chi connectivity index (χ3v) is 4.71. The molecule has 0 spiro atoms. The molecule has 1 aliphatic carbocycles. The summed E-state index contributed by atoms with van der Waals surface area (Å²) >= 11 is 0. The Kier molecular flexibility index (Phi) is 3.75. The molecule has 0 bridgehead atoms. The van der Waals surface area contributed by atoms with E-state index in [0.717, 1.165) is 11.1 Å². The highest BCUT2D eigenvalue weighted by Crippen LogP contribution is 2.32. The first-order valence-corrected chi connectivity index (χ1v) is 8.45. The molecule has 1 fully saturated rings. The average molecular weight is 338 g/mol. The van der Waals surface area contributed by atoms with E-state index >= 15 is 0 Å². The molecule has 2 aromatic heterocycles. The first kappa shape index (κ1) is 15.7. The van der Waals surface area contributed by atoms with E-state index in [1.807, 2.05) is 19.9 Å². The van der Waals surface area contributed by atoms with Gasteiger partial charge < -0.3 is 5.32 Å². The van der Waals surface area contributed by atoms with Gasteiger partial charge in [-0.05, 0) is 68.5 Å². The molecule has 0 radical (unpaired) electrons. The predicted molar refractivity (Wildman–Crippen MR) is 92.8 cm³/mol.